The van der Waals surface area contributed by atoms with Crippen LogP contribution >= 0.6 is 15.9 Å². The third-order valence-corrected chi connectivity index (χ3v) is 3.42. The van der Waals surface area contributed by atoms with Gasteiger partial charge in [-0.1, -0.05) is 12.1 Å². The van der Waals surface area contributed by atoms with E-state index in [2.05, 4.69) is 15.9 Å². The second kappa shape index (κ2) is 5.50. The predicted octanol–water partition coefficient (Wildman–Crippen LogP) is 2.76. The fourth-order valence-corrected chi connectivity index (χ4v) is 2.49. The van der Waals surface area contributed by atoms with Crippen molar-refractivity contribution in [3.8, 4) is 0 Å². The lowest BCUT2D eigenvalue weighted by atomic mass is 10.1. The molecular formula is C14H13BrN2O3. The molecule has 2 aromatic rings. The Hall–Kier alpha value is -2.08. The van der Waals surface area contributed by atoms with Crippen LogP contribution in [0.5, 0.6) is 0 Å². The molecule has 1 amide bonds. The smallest absolute Gasteiger partial charge is 0.337 e. The fraction of sp³-hybridized carbons (Fsp3) is 0.143. The summed E-state index contributed by atoms with van der Waals surface area (Å²) in [5, 5.41) is 9.17. The van der Waals surface area contributed by atoms with Gasteiger partial charge in [-0.3, -0.25) is 4.79 Å². The van der Waals surface area contributed by atoms with Crippen LogP contribution in [-0.4, -0.2) is 28.6 Å². The van der Waals surface area contributed by atoms with E-state index in [4.69, 9.17) is 0 Å². The highest BCUT2D eigenvalue weighted by atomic mass is 79.9. The number of aromatic nitrogens is 1. The number of hydrogen-bond acceptors (Lipinski definition) is 2. The lowest BCUT2D eigenvalue weighted by Crippen LogP contribution is -2.29. The van der Waals surface area contributed by atoms with Crippen molar-refractivity contribution in [2.75, 3.05) is 11.9 Å². The topological polar surface area (TPSA) is 62.5 Å². The third-order valence-electron chi connectivity index (χ3n) is 2.99. The molecule has 1 aromatic heterocycles. The van der Waals surface area contributed by atoms with Gasteiger partial charge in [-0.15, -0.1) is 0 Å². The summed E-state index contributed by atoms with van der Waals surface area (Å²) in [6.45, 7) is 0. The monoisotopic (exact) mass is 336 g/mol. The molecule has 2 rings (SSSR count). The Kier molecular flexibility index (Phi) is 3.94. The number of rotatable bonds is 3. The van der Waals surface area contributed by atoms with Gasteiger partial charge < -0.3 is 14.6 Å². The van der Waals surface area contributed by atoms with Gasteiger partial charge in [-0.2, -0.15) is 0 Å². The van der Waals surface area contributed by atoms with Crippen LogP contribution in [0.15, 0.2) is 41.0 Å². The number of halogens is 1. The van der Waals surface area contributed by atoms with E-state index >= 15 is 0 Å². The number of carboxylic acids is 1. The second-order valence-corrected chi connectivity index (χ2v) is 5.26. The van der Waals surface area contributed by atoms with Gasteiger partial charge in [0.05, 0.1) is 11.3 Å². The molecule has 1 heterocycles. The Balaban J connectivity index is 2.41. The second-order valence-electron chi connectivity index (χ2n) is 4.34. The minimum atomic E-state index is -1.06. The Morgan fingerprint density at radius 3 is 2.50 bits per heavy atom. The molecule has 0 aliphatic heterocycles. The number of amides is 1. The number of carbonyl (C=O) groups excluding carboxylic acids is 1. The maximum absolute atomic E-state index is 12.4. The first-order valence-corrected chi connectivity index (χ1v) is 6.63. The van der Waals surface area contributed by atoms with Gasteiger partial charge in [0.15, 0.2) is 0 Å². The van der Waals surface area contributed by atoms with Crippen LogP contribution in [0.1, 0.15) is 20.8 Å². The van der Waals surface area contributed by atoms with Crippen molar-refractivity contribution < 1.29 is 14.7 Å². The highest BCUT2D eigenvalue weighted by Crippen LogP contribution is 2.22. The highest BCUT2D eigenvalue weighted by molar-refractivity contribution is 9.10. The normalized spacial score (nSPS) is 10.3. The average molecular weight is 337 g/mol. The third kappa shape index (κ3) is 2.60. The Morgan fingerprint density at radius 1 is 1.30 bits per heavy atom. The van der Waals surface area contributed by atoms with Crippen LogP contribution in [0.4, 0.5) is 5.69 Å². The molecule has 104 valence electrons. The quantitative estimate of drug-likeness (QED) is 0.937. The molecule has 0 radical (unpaired) electrons. The Bertz CT molecular complexity index is 679. The number of benzene rings is 1. The molecular weight excluding hydrogens is 324 g/mol. The molecule has 0 bridgehead atoms. The molecule has 0 aliphatic carbocycles. The number of hydrogen-bond donors (Lipinski definition) is 1. The molecule has 0 unspecified atom stereocenters. The molecule has 6 heteroatoms. The number of aryl methyl sites for hydroxylation is 1. The number of carboxylic acid groups (broad SMARTS) is 1. The summed E-state index contributed by atoms with van der Waals surface area (Å²) >= 11 is 3.31. The molecule has 0 aliphatic rings. The van der Waals surface area contributed by atoms with E-state index in [1.54, 1.807) is 49.1 Å². The summed E-state index contributed by atoms with van der Waals surface area (Å²) in [6, 6.07) is 8.11. The van der Waals surface area contributed by atoms with Crippen LogP contribution in [0.2, 0.25) is 0 Å². The van der Waals surface area contributed by atoms with Gasteiger partial charge in [0.2, 0.25) is 0 Å². The SMILES string of the molecule is CN(C(=O)c1cc(Br)cn1C)c1ccccc1C(=O)O. The lowest BCUT2D eigenvalue weighted by Gasteiger charge is -2.19. The first-order valence-electron chi connectivity index (χ1n) is 5.84. The van der Waals surface area contributed by atoms with Crippen molar-refractivity contribution in [3.63, 3.8) is 0 Å². The number of aromatic carboxylic acids is 1. The van der Waals surface area contributed by atoms with E-state index in [1.165, 1.54) is 11.0 Å². The van der Waals surface area contributed by atoms with Crippen molar-refractivity contribution in [1.29, 1.82) is 0 Å². The van der Waals surface area contributed by atoms with Crippen molar-refractivity contribution in [1.82, 2.24) is 4.57 Å². The molecule has 0 saturated carbocycles. The first kappa shape index (κ1) is 14.3. The minimum Gasteiger partial charge on any atom is -0.478 e. The average Bonchev–Trinajstić information content (AvgIpc) is 2.76. The molecule has 1 N–H and O–H groups in total. The fourth-order valence-electron chi connectivity index (χ4n) is 1.97. The van der Waals surface area contributed by atoms with Gasteiger partial charge in [0.25, 0.3) is 5.91 Å². The van der Waals surface area contributed by atoms with Gasteiger partial charge in [-0.25, -0.2) is 4.79 Å². The first-order chi connectivity index (χ1) is 9.41. The van der Waals surface area contributed by atoms with Crippen molar-refractivity contribution >= 4 is 33.5 Å². The lowest BCUT2D eigenvalue weighted by molar-refractivity contribution is 0.0697. The van der Waals surface area contributed by atoms with Gasteiger partial charge in [-0.05, 0) is 34.1 Å². The standard InChI is InChI=1S/C14H13BrN2O3/c1-16-8-9(15)7-12(16)13(18)17(2)11-6-4-3-5-10(11)14(19)20/h3-8H,1-2H3,(H,19,20). The van der Waals surface area contributed by atoms with E-state index in [0.29, 0.717) is 11.4 Å². The zero-order valence-corrected chi connectivity index (χ0v) is 12.6. The number of nitrogens with zero attached hydrogens (tertiary/aromatic N) is 2. The summed E-state index contributed by atoms with van der Waals surface area (Å²) in [7, 11) is 3.32. The van der Waals surface area contributed by atoms with Crippen LogP contribution in [0.3, 0.4) is 0 Å². The summed E-state index contributed by atoms with van der Waals surface area (Å²) in [5.74, 6) is -1.33. The maximum atomic E-state index is 12.4. The van der Waals surface area contributed by atoms with E-state index in [1.807, 2.05) is 0 Å². The van der Waals surface area contributed by atoms with Gasteiger partial charge in [0.1, 0.15) is 5.69 Å². The zero-order chi connectivity index (χ0) is 14.9. The molecule has 0 spiro atoms. The highest BCUT2D eigenvalue weighted by Gasteiger charge is 2.21. The van der Waals surface area contributed by atoms with E-state index < -0.39 is 5.97 Å². The summed E-state index contributed by atoms with van der Waals surface area (Å²) < 4.78 is 2.48. The number of para-hydroxylation sites is 1. The van der Waals surface area contributed by atoms with Crippen molar-refractivity contribution in [3.05, 3.63) is 52.3 Å². The van der Waals surface area contributed by atoms with Crippen LogP contribution in [0, 0.1) is 0 Å². The Morgan fingerprint density at radius 2 is 1.95 bits per heavy atom. The van der Waals surface area contributed by atoms with Gasteiger partial charge in [0, 0.05) is 24.8 Å². The maximum Gasteiger partial charge on any atom is 0.337 e. The van der Waals surface area contributed by atoms with Crippen LogP contribution in [-0.2, 0) is 7.05 Å². The van der Waals surface area contributed by atoms with Crippen LogP contribution < -0.4 is 4.90 Å². The minimum absolute atomic E-state index is 0.0941. The molecule has 20 heavy (non-hydrogen) atoms. The van der Waals surface area contributed by atoms with Crippen LogP contribution in [0.25, 0.3) is 0 Å². The number of anilines is 1. The predicted molar refractivity (Wildman–Crippen MR) is 79.2 cm³/mol. The van der Waals surface area contributed by atoms with E-state index in [0.717, 1.165) is 4.47 Å². The summed E-state index contributed by atoms with van der Waals surface area (Å²) in [5.41, 5.74) is 0.929. The van der Waals surface area contributed by atoms with Crippen molar-refractivity contribution in [2.45, 2.75) is 0 Å². The summed E-state index contributed by atoms with van der Waals surface area (Å²) in [4.78, 5) is 25.0. The molecule has 0 atom stereocenters. The zero-order valence-electron chi connectivity index (χ0n) is 11.0. The molecule has 1 aromatic carbocycles. The Labute approximate surface area is 124 Å². The van der Waals surface area contributed by atoms with Crippen molar-refractivity contribution in [2.24, 2.45) is 7.05 Å². The largest absolute Gasteiger partial charge is 0.478 e. The van der Waals surface area contributed by atoms with E-state index in [9.17, 15) is 14.7 Å². The van der Waals surface area contributed by atoms with Gasteiger partial charge >= 0.3 is 5.97 Å². The molecule has 5 nitrogen and oxygen atoms in total. The molecule has 0 saturated heterocycles. The summed E-state index contributed by atoms with van der Waals surface area (Å²) in [6.07, 6.45) is 1.77. The molecule has 0 fully saturated rings. The van der Waals surface area contributed by atoms with E-state index in [-0.39, 0.29) is 11.5 Å². The number of carbonyl (C=O) groups is 2.